The highest BCUT2D eigenvalue weighted by Crippen LogP contribution is 2.30. The van der Waals surface area contributed by atoms with Crippen LogP contribution in [0.2, 0.25) is 0 Å². The fraction of sp³-hybridized carbons (Fsp3) is 0.346. The molecule has 4 rings (SSSR count). The number of nitrogens with one attached hydrogen (secondary N) is 1. The molecule has 2 aromatic carbocycles. The van der Waals surface area contributed by atoms with Gasteiger partial charge in [0, 0.05) is 45.8 Å². The van der Waals surface area contributed by atoms with Gasteiger partial charge in [-0.2, -0.15) is 4.31 Å². The van der Waals surface area contributed by atoms with Gasteiger partial charge in [0.25, 0.3) is 10.0 Å². The van der Waals surface area contributed by atoms with Gasteiger partial charge in [-0.3, -0.25) is 9.59 Å². The minimum absolute atomic E-state index is 0.0337. The molecule has 10 heteroatoms. The van der Waals surface area contributed by atoms with Crippen LogP contribution in [0.5, 0.6) is 0 Å². The molecule has 0 aliphatic carbocycles. The van der Waals surface area contributed by atoms with Gasteiger partial charge in [0.2, 0.25) is 11.8 Å². The third kappa shape index (κ3) is 6.19. The summed E-state index contributed by atoms with van der Waals surface area (Å²) in [6.07, 6.45) is 3.53. The largest absolute Gasteiger partial charge is 0.354 e. The smallest absolute Gasteiger partial charge is 0.262 e. The number of hydrogen-bond donors (Lipinski definition) is 1. The molecule has 9 nitrogen and oxygen atoms in total. The van der Waals surface area contributed by atoms with Crippen LogP contribution in [0.3, 0.4) is 0 Å². The van der Waals surface area contributed by atoms with Crippen LogP contribution in [-0.4, -0.2) is 65.2 Å². The van der Waals surface area contributed by atoms with Crippen LogP contribution in [0, 0.1) is 0 Å². The zero-order chi connectivity index (χ0) is 25.5. The van der Waals surface area contributed by atoms with E-state index in [-0.39, 0.29) is 36.2 Å². The molecule has 1 aliphatic rings. The molecule has 2 heterocycles. The fourth-order valence-corrected chi connectivity index (χ4v) is 6.01. The molecule has 2 amide bonds. The Hall–Kier alpha value is -3.50. The quantitative estimate of drug-likeness (QED) is 0.568. The molecule has 0 spiro atoms. The Bertz CT molecular complexity index is 1280. The minimum atomic E-state index is -4.01. The van der Waals surface area contributed by atoms with Gasteiger partial charge >= 0.3 is 0 Å². The zero-order valence-corrected chi connectivity index (χ0v) is 21.1. The summed E-state index contributed by atoms with van der Waals surface area (Å²) < 4.78 is 30.4. The maximum atomic E-state index is 13.7. The number of amides is 2. The lowest BCUT2D eigenvalue weighted by atomic mass is 10.0. The van der Waals surface area contributed by atoms with Crippen molar-refractivity contribution in [3.05, 3.63) is 84.3 Å². The Kier molecular flexibility index (Phi) is 8.17. The van der Waals surface area contributed by atoms with Gasteiger partial charge in [0.15, 0.2) is 5.03 Å². The Balaban J connectivity index is 1.63. The van der Waals surface area contributed by atoms with E-state index in [0.717, 1.165) is 11.1 Å². The monoisotopic (exact) mass is 509 g/mol. The van der Waals surface area contributed by atoms with Crippen molar-refractivity contribution in [3.8, 4) is 0 Å². The number of sulfonamides is 1. The van der Waals surface area contributed by atoms with Crippen molar-refractivity contribution in [2.24, 2.45) is 7.05 Å². The predicted octanol–water partition coefficient (Wildman–Crippen LogP) is 2.13. The maximum absolute atomic E-state index is 13.7. The van der Waals surface area contributed by atoms with Crippen LogP contribution in [-0.2, 0) is 33.1 Å². The summed E-state index contributed by atoms with van der Waals surface area (Å²) in [5.41, 5.74) is 1.63. The Morgan fingerprint density at radius 1 is 1.03 bits per heavy atom. The number of carbonyl (C=O) groups excluding carboxylic acids is 2. The van der Waals surface area contributed by atoms with E-state index < -0.39 is 16.1 Å². The van der Waals surface area contributed by atoms with Crippen molar-refractivity contribution >= 4 is 21.8 Å². The van der Waals surface area contributed by atoms with Crippen molar-refractivity contribution in [2.75, 3.05) is 26.2 Å². The lowest BCUT2D eigenvalue weighted by Gasteiger charge is -2.30. The number of carbonyl (C=O) groups is 2. The number of nitrogens with zero attached hydrogens (tertiary/aromatic N) is 4. The molecule has 1 fully saturated rings. The molecule has 1 aromatic heterocycles. The van der Waals surface area contributed by atoms with E-state index in [0.29, 0.717) is 26.1 Å². The molecule has 36 heavy (non-hydrogen) atoms. The Labute approximate surface area is 211 Å². The van der Waals surface area contributed by atoms with Crippen LogP contribution in [0.15, 0.2) is 78.2 Å². The number of rotatable bonds is 5. The van der Waals surface area contributed by atoms with Gasteiger partial charge in [0.05, 0.1) is 18.8 Å². The first-order chi connectivity index (χ1) is 17.3. The van der Waals surface area contributed by atoms with Crippen molar-refractivity contribution in [3.63, 3.8) is 0 Å². The molecule has 1 unspecified atom stereocenters. The first-order valence-corrected chi connectivity index (χ1v) is 13.4. The van der Waals surface area contributed by atoms with Gasteiger partial charge < -0.3 is 14.8 Å². The van der Waals surface area contributed by atoms with Crippen molar-refractivity contribution < 1.29 is 18.0 Å². The molecular formula is C26H31N5O4S. The minimum Gasteiger partial charge on any atom is -0.354 e. The second kappa shape index (κ2) is 11.5. The van der Waals surface area contributed by atoms with Gasteiger partial charge in [-0.25, -0.2) is 13.4 Å². The average Bonchev–Trinajstić information content (AvgIpc) is 3.31. The molecule has 3 aromatic rings. The second-order valence-electron chi connectivity index (χ2n) is 8.87. The average molecular weight is 510 g/mol. The number of aryl methyl sites for hydroxylation is 1. The van der Waals surface area contributed by atoms with Crippen LogP contribution in [0.25, 0.3) is 0 Å². The van der Waals surface area contributed by atoms with Crippen molar-refractivity contribution in [2.45, 2.75) is 30.3 Å². The number of benzene rings is 2. The van der Waals surface area contributed by atoms with E-state index in [1.54, 1.807) is 16.5 Å². The van der Waals surface area contributed by atoms with E-state index in [1.165, 1.54) is 16.8 Å². The van der Waals surface area contributed by atoms with Crippen LogP contribution >= 0.6 is 0 Å². The summed E-state index contributed by atoms with van der Waals surface area (Å²) in [5, 5.41) is 2.80. The van der Waals surface area contributed by atoms with E-state index >= 15 is 0 Å². The molecule has 190 valence electrons. The first-order valence-electron chi connectivity index (χ1n) is 12.0. The molecule has 0 bridgehead atoms. The number of aromatic nitrogens is 2. The lowest BCUT2D eigenvalue weighted by molar-refractivity contribution is -0.131. The molecular weight excluding hydrogens is 478 g/mol. The van der Waals surface area contributed by atoms with Crippen LogP contribution < -0.4 is 5.32 Å². The number of imidazole rings is 1. The van der Waals surface area contributed by atoms with Gasteiger partial charge in [-0.15, -0.1) is 0 Å². The first kappa shape index (κ1) is 25.6. The highest BCUT2D eigenvalue weighted by atomic mass is 32.2. The van der Waals surface area contributed by atoms with Gasteiger partial charge in [-0.1, -0.05) is 60.7 Å². The third-order valence-electron chi connectivity index (χ3n) is 6.23. The molecule has 0 saturated carbocycles. The van der Waals surface area contributed by atoms with Gasteiger partial charge in [-0.05, 0) is 17.5 Å². The zero-order valence-electron chi connectivity index (χ0n) is 20.3. The molecule has 1 atom stereocenters. The van der Waals surface area contributed by atoms with Crippen molar-refractivity contribution in [1.29, 1.82) is 0 Å². The SMILES string of the molecule is Cn1cnc(S(=O)(=O)N2CCCN(C(=O)Cc3ccccc3)CCNC(=O)CC2c2ccccc2)c1. The second-order valence-corrected chi connectivity index (χ2v) is 10.7. The summed E-state index contributed by atoms with van der Waals surface area (Å²) in [4.78, 5) is 31.8. The van der Waals surface area contributed by atoms with E-state index in [1.807, 2.05) is 60.7 Å². The van der Waals surface area contributed by atoms with Gasteiger partial charge in [0.1, 0.15) is 0 Å². The summed E-state index contributed by atoms with van der Waals surface area (Å²) in [5.74, 6) is -0.337. The Morgan fingerprint density at radius 3 is 2.39 bits per heavy atom. The highest BCUT2D eigenvalue weighted by molar-refractivity contribution is 7.89. The van der Waals surface area contributed by atoms with E-state index in [2.05, 4.69) is 10.3 Å². The summed E-state index contributed by atoms with van der Waals surface area (Å²) in [7, 11) is -2.30. The van der Waals surface area contributed by atoms with Crippen LogP contribution in [0.4, 0.5) is 0 Å². The lowest BCUT2D eigenvalue weighted by Crippen LogP contribution is -2.40. The topological polar surface area (TPSA) is 105 Å². The van der Waals surface area contributed by atoms with Crippen molar-refractivity contribution in [1.82, 2.24) is 24.1 Å². The molecule has 1 N–H and O–H groups in total. The highest BCUT2D eigenvalue weighted by Gasteiger charge is 2.35. The molecule has 1 aliphatic heterocycles. The maximum Gasteiger partial charge on any atom is 0.262 e. The Morgan fingerprint density at radius 2 is 1.72 bits per heavy atom. The van der Waals surface area contributed by atoms with Crippen LogP contribution in [0.1, 0.15) is 30.0 Å². The van der Waals surface area contributed by atoms with E-state index in [4.69, 9.17) is 0 Å². The number of hydrogen-bond acceptors (Lipinski definition) is 5. The third-order valence-corrected chi connectivity index (χ3v) is 8.02. The molecule has 0 radical (unpaired) electrons. The fourth-order valence-electron chi connectivity index (χ4n) is 4.39. The standard InChI is InChI=1S/C26H31N5O4S/c1-29-19-25(28-20-29)36(34,35)31-15-8-14-30(26(33)17-21-9-4-2-5-10-21)16-13-27-24(32)18-23(31)22-11-6-3-7-12-22/h2-7,9-12,19-20,23H,8,13-18H2,1H3,(H,27,32). The normalized spacial score (nSPS) is 18.3. The summed E-state index contributed by atoms with van der Waals surface area (Å²) in [6.45, 7) is 1.17. The predicted molar refractivity (Wildman–Crippen MR) is 135 cm³/mol. The van der Waals surface area contributed by atoms with E-state index in [9.17, 15) is 18.0 Å². The summed E-state index contributed by atoms with van der Waals surface area (Å²) in [6, 6.07) is 17.9. The molecule has 1 saturated heterocycles. The summed E-state index contributed by atoms with van der Waals surface area (Å²) >= 11 is 0.